The third-order valence-corrected chi connectivity index (χ3v) is 5.82. The number of thiazole rings is 1. The van der Waals surface area contributed by atoms with E-state index in [0.717, 1.165) is 5.56 Å². The molecule has 0 aliphatic carbocycles. The minimum absolute atomic E-state index is 0.225. The van der Waals surface area contributed by atoms with Gasteiger partial charge in [-0.1, -0.05) is 35.1 Å². The molecule has 2 aromatic carbocycles. The summed E-state index contributed by atoms with van der Waals surface area (Å²) in [6, 6.07) is 12.7. The van der Waals surface area contributed by atoms with Crippen molar-refractivity contribution < 1.29 is 13.9 Å². The smallest absolute Gasteiger partial charge is 0.260 e. The summed E-state index contributed by atoms with van der Waals surface area (Å²) >= 11 is 7.61. The Morgan fingerprint density at radius 2 is 2.10 bits per heavy atom. The molecule has 0 N–H and O–H groups in total. The summed E-state index contributed by atoms with van der Waals surface area (Å²) in [5.41, 5.74) is 1.61. The highest BCUT2D eigenvalue weighted by molar-refractivity contribution is 7.23. The summed E-state index contributed by atoms with van der Waals surface area (Å²) < 4.78 is 19.8. The molecule has 146 valence electrons. The molecule has 0 aliphatic heterocycles. The second kappa shape index (κ2) is 8.14. The molecule has 5 nitrogen and oxygen atoms in total. The number of carbonyl (C=O) groups is 1. The van der Waals surface area contributed by atoms with Crippen molar-refractivity contribution in [3.05, 3.63) is 82.9 Å². The van der Waals surface area contributed by atoms with E-state index in [0.29, 0.717) is 26.1 Å². The number of nitrogens with zero attached hydrogens (tertiary/aromatic N) is 3. The monoisotopic (exact) mass is 427 g/mol. The van der Waals surface area contributed by atoms with Crippen molar-refractivity contribution >= 4 is 44.2 Å². The van der Waals surface area contributed by atoms with Gasteiger partial charge in [-0.3, -0.25) is 14.7 Å². The summed E-state index contributed by atoms with van der Waals surface area (Å²) in [5, 5.41) is 0.952. The van der Waals surface area contributed by atoms with E-state index in [-0.39, 0.29) is 18.0 Å². The third-order valence-electron chi connectivity index (χ3n) is 4.28. The first-order chi connectivity index (χ1) is 14.1. The number of fused-ring (bicyclic) bond motifs is 1. The Bertz CT molecular complexity index is 1180. The number of pyridine rings is 1. The topological polar surface area (TPSA) is 55.3 Å². The lowest BCUT2D eigenvalue weighted by Crippen LogP contribution is -2.30. The maximum atomic E-state index is 13.7. The lowest BCUT2D eigenvalue weighted by molar-refractivity contribution is 0.0984. The van der Waals surface area contributed by atoms with E-state index in [1.54, 1.807) is 43.8 Å². The van der Waals surface area contributed by atoms with Gasteiger partial charge in [-0.05, 0) is 42.0 Å². The second-order valence-corrected chi connectivity index (χ2v) is 7.57. The van der Waals surface area contributed by atoms with E-state index in [1.807, 2.05) is 6.07 Å². The van der Waals surface area contributed by atoms with Gasteiger partial charge in [0.05, 0.1) is 23.4 Å². The SMILES string of the molecule is COc1ccc(Cl)c2sc(N(Cc3cccnc3)C(=O)c3cccc(F)c3)nc12. The van der Waals surface area contributed by atoms with Crippen molar-refractivity contribution in [3.63, 3.8) is 0 Å². The molecule has 0 unspecified atom stereocenters. The van der Waals surface area contributed by atoms with Crippen LogP contribution < -0.4 is 9.64 Å². The number of methoxy groups -OCH3 is 1. The number of aromatic nitrogens is 2. The highest BCUT2D eigenvalue weighted by Crippen LogP contribution is 2.39. The number of benzene rings is 2. The predicted molar refractivity (Wildman–Crippen MR) is 112 cm³/mol. The number of rotatable bonds is 5. The molecule has 0 bridgehead atoms. The highest BCUT2D eigenvalue weighted by atomic mass is 35.5. The minimum Gasteiger partial charge on any atom is -0.494 e. The fourth-order valence-corrected chi connectivity index (χ4v) is 4.15. The van der Waals surface area contributed by atoms with E-state index < -0.39 is 5.82 Å². The second-order valence-electron chi connectivity index (χ2n) is 6.19. The summed E-state index contributed by atoms with van der Waals surface area (Å²) in [5.74, 6) is -0.292. The Hall–Kier alpha value is -3.03. The summed E-state index contributed by atoms with van der Waals surface area (Å²) in [4.78, 5) is 23.5. The number of anilines is 1. The molecule has 0 spiro atoms. The lowest BCUT2D eigenvalue weighted by Gasteiger charge is -2.20. The Morgan fingerprint density at radius 3 is 2.83 bits per heavy atom. The number of halogens is 2. The molecule has 4 rings (SSSR count). The molecule has 1 amide bonds. The predicted octanol–water partition coefficient (Wildman–Crippen LogP) is 5.34. The maximum Gasteiger partial charge on any atom is 0.260 e. The first-order valence-electron chi connectivity index (χ1n) is 8.66. The van der Waals surface area contributed by atoms with E-state index in [4.69, 9.17) is 16.3 Å². The number of amides is 1. The number of carbonyl (C=O) groups excluding carboxylic acids is 1. The first-order valence-corrected chi connectivity index (χ1v) is 9.85. The van der Waals surface area contributed by atoms with Crippen molar-refractivity contribution in [2.75, 3.05) is 12.0 Å². The van der Waals surface area contributed by atoms with Gasteiger partial charge in [0.1, 0.15) is 17.1 Å². The molecule has 29 heavy (non-hydrogen) atoms. The van der Waals surface area contributed by atoms with E-state index in [1.165, 1.54) is 34.4 Å². The third kappa shape index (κ3) is 3.92. The Labute approximate surface area is 175 Å². The summed E-state index contributed by atoms with van der Waals surface area (Å²) in [6.07, 6.45) is 3.33. The standard InChI is InChI=1S/C21H15ClFN3O2S/c1-28-17-8-7-16(22)19-18(17)25-21(29-19)26(12-13-4-3-9-24-11-13)20(27)14-5-2-6-15(23)10-14/h2-11H,12H2,1H3. The Morgan fingerprint density at radius 1 is 1.24 bits per heavy atom. The van der Waals surface area contributed by atoms with E-state index in [9.17, 15) is 9.18 Å². The first kappa shape index (κ1) is 19.3. The van der Waals surface area contributed by atoms with Crippen molar-refractivity contribution in [3.8, 4) is 5.75 Å². The molecule has 0 saturated carbocycles. The van der Waals surface area contributed by atoms with Crippen LogP contribution in [0.4, 0.5) is 9.52 Å². The normalized spacial score (nSPS) is 10.9. The van der Waals surface area contributed by atoms with Crippen molar-refractivity contribution in [1.29, 1.82) is 0 Å². The Balaban J connectivity index is 1.83. The van der Waals surface area contributed by atoms with Crippen LogP contribution in [-0.2, 0) is 6.54 Å². The van der Waals surface area contributed by atoms with Gasteiger partial charge in [-0.25, -0.2) is 9.37 Å². The van der Waals surface area contributed by atoms with Gasteiger partial charge in [-0.2, -0.15) is 0 Å². The zero-order valence-corrected chi connectivity index (χ0v) is 16.9. The molecule has 0 atom stereocenters. The van der Waals surface area contributed by atoms with Gasteiger partial charge in [0.25, 0.3) is 5.91 Å². The molecule has 2 aromatic heterocycles. The van der Waals surface area contributed by atoms with Gasteiger partial charge in [0.2, 0.25) is 0 Å². The quantitative estimate of drug-likeness (QED) is 0.431. The zero-order valence-electron chi connectivity index (χ0n) is 15.3. The molecular formula is C21H15ClFN3O2S. The van der Waals surface area contributed by atoms with Crippen LogP contribution in [0.2, 0.25) is 5.02 Å². The van der Waals surface area contributed by atoms with E-state index in [2.05, 4.69) is 9.97 Å². The van der Waals surface area contributed by atoms with Crippen LogP contribution in [0.5, 0.6) is 5.75 Å². The van der Waals surface area contributed by atoms with Crippen LogP contribution in [0.25, 0.3) is 10.2 Å². The Kier molecular flexibility index (Phi) is 5.42. The van der Waals surface area contributed by atoms with Crippen LogP contribution in [-0.4, -0.2) is 23.0 Å². The number of hydrogen-bond donors (Lipinski definition) is 0. The molecule has 8 heteroatoms. The molecule has 4 aromatic rings. The molecule has 0 radical (unpaired) electrons. The fraction of sp³-hybridized carbons (Fsp3) is 0.0952. The van der Waals surface area contributed by atoms with Crippen LogP contribution in [0.1, 0.15) is 15.9 Å². The fourth-order valence-electron chi connectivity index (χ4n) is 2.90. The van der Waals surface area contributed by atoms with Crippen molar-refractivity contribution in [2.24, 2.45) is 0 Å². The van der Waals surface area contributed by atoms with Gasteiger partial charge < -0.3 is 4.74 Å². The average molecular weight is 428 g/mol. The van der Waals surface area contributed by atoms with Gasteiger partial charge in [0, 0.05) is 18.0 Å². The number of ether oxygens (including phenoxy) is 1. The summed E-state index contributed by atoms with van der Waals surface area (Å²) in [7, 11) is 1.55. The van der Waals surface area contributed by atoms with Gasteiger partial charge in [0.15, 0.2) is 5.13 Å². The van der Waals surface area contributed by atoms with Crippen LogP contribution in [0.15, 0.2) is 60.9 Å². The highest BCUT2D eigenvalue weighted by Gasteiger charge is 2.24. The van der Waals surface area contributed by atoms with Crippen molar-refractivity contribution in [1.82, 2.24) is 9.97 Å². The average Bonchev–Trinajstić information content (AvgIpc) is 3.19. The molecule has 0 aliphatic rings. The molecule has 2 heterocycles. The summed E-state index contributed by atoms with van der Waals surface area (Å²) in [6.45, 7) is 0.225. The maximum absolute atomic E-state index is 13.7. The van der Waals surface area contributed by atoms with Gasteiger partial charge in [-0.15, -0.1) is 0 Å². The van der Waals surface area contributed by atoms with Crippen LogP contribution in [0.3, 0.4) is 0 Å². The molecule has 0 saturated heterocycles. The largest absolute Gasteiger partial charge is 0.494 e. The minimum atomic E-state index is -0.480. The number of hydrogen-bond acceptors (Lipinski definition) is 5. The van der Waals surface area contributed by atoms with Crippen LogP contribution in [0, 0.1) is 5.82 Å². The van der Waals surface area contributed by atoms with Crippen LogP contribution >= 0.6 is 22.9 Å². The molecule has 0 fully saturated rings. The molecular weight excluding hydrogens is 413 g/mol. The van der Waals surface area contributed by atoms with Gasteiger partial charge >= 0.3 is 0 Å². The zero-order chi connectivity index (χ0) is 20.4. The van der Waals surface area contributed by atoms with Crippen molar-refractivity contribution in [2.45, 2.75) is 6.54 Å². The van der Waals surface area contributed by atoms with E-state index >= 15 is 0 Å². The lowest BCUT2D eigenvalue weighted by atomic mass is 10.2.